The van der Waals surface area contributed by atoms with Gasteiger partial charge >= 0.3 is 6.09 Å². The van der Waals surface area contributed by atoms with E-state index in [1.54, 1.807) is 49.4 Å². The molecule has 136 valence electrons. The number of methoxy groups -OCH3 is 1. The van der Waals surface area contributed by atoms with Crippen LogP contribution in [0.1, 0.15) is 6.92 Å². The summed E-state index contributed by atoms with van der Waals surface area (Å²) in [6.07, 6.45) is -0.540. The van der Waals surface area contributed by atoms with Crippen molar-refractivity contribution in [3.63, 3.8) is 0 Å². The van der Waals surface area contributed by atoms with E-state index < -0.39 is 12.1 Å². The molecule has 1 aliphatic heterocycles. The molecule has 0 saturated carbocycles. The van der Waals surface area contributed by atoms with Gasteiger partial charge in [-0.15, -0.1) is 0 Å². The summed E-state index contributed by atoms with van der Waals surface area (Å²) in [5.41, 5.74) is 1.97. The standard InChI is InChI=1S/C18H19N3O5/c1-11(19-12-3-5-13(6-4-12)21-18(23)24-2)17(22)20-14-7-8-15-16(9-14)26-10-25-15/h3-9,11,19H,10H2,1-2H3,(H,20,22)(H,21,23). The second kappa shape index (κ2) is 7.64. The van der Waals surface area contributed by atoms with E-state index in [0.717, 1.165) is 5.69 Å². The smallest absolute Gasteiger partial charge is 0.411 e. The van der Waals surface area contributed by atoms with Gasteiger partial charge in [0.25, 0.3) is 0 Å². The molecule has 1 aliphatic rings. The molecule has 0 aliphatic carbocycles. The average Bonchev–Trinajstić information content (AvgIpc) is 3.11. The lowest BCUT2D eigenvalue weighted by atomic mass is 10.2. The maximum absolute atomic E-state index is 12.3. The third-order valence-electron chi connectivity index (χ3n) is 3.73. The third kappa shape index (κ3) is 4.15. The number of hydrogen-bond donors (Lipinski definition) is 3. The summed E-state index contributed by atoms with van der Waals surface area (Å²) in [7, 11) is 1.30. The van der Waals surface area contributed by atoms with E-state index in [1.807, 2.05) is 0 Å². The minimum Gasteiger partial charge on any atom is -0.454 e. The summed E-state index contributed by atoms with van der Waals surface area (Å²) in [6, 6.07) is 11.7. The molecule has 26 heavy (non-hydrogen) atoms. The Labute approximate surface area is 150 Å². The number of hydrogen-bond acceptors (Lipinski definition) is 6. The number of amides is 2. The first kappa shape index (κ1) is 17.4. The first-order valence-corrected chi connectivity index (χ1v) is 7.97. The zero-order valence-electron chi connectivity index (χ0n) is 14.4. The average molecular weight is 357 g/mol. The van der Waals surface area contributed by atoms with Crippen molar-refractivity contribution < 1.29 is 23.8 Å². The molecule has 0 spiro atoms. The lowest BCUT2D eigenvalue weighted by Gasteiger charge is -2.16. The lowest BCUT2D eigenvalue weighted by Crippen LogP contribution is -2.31. The summed E-state index contributed by atoms with van der Waals surface area (Å²) in [5.74, 6) is 1.08. The molecule has 0 aromatic heterocycles. The SMILES string of the molecule is COC(=O)Nc1ccc(NC(C)C(=O)Nc2ccc3c(c2)OCO3)cc1. The van der Waals surface area contributed by atoms with E-state index in [-0.39, 0.29) is 12.7 Å². The molecule has 8 nitrogen and oxygen atoms in total. The Hall–Kier alpha value is -3.42. The highest BCUT2D eigenvalue weighted by atomic mass is 16.7. The fourth-order valence-corrected chi connectivity index (χ4v) is 2.36. The first-order valence-electron chi connectivity index (χ1n) is 7.97. The molecule has 3 rings (SSSR count). The van der Waals surface area contributed by atoms with Crippen LogP contribution in [0.2, 0.25) is 0 Å². The van der Waals surface area contributed by atoms with Crippen LogP contribution in [0.3, 0.4) is 0 Å². The topological polar surface area (TPSA) is 97.9 Å². The normalized spacial score (nSPS) is 12.8. The van der Waals surface area contributed by atoms with Crippen molar-refractivity contribution in [1.82, 2.24) is 0 Å². The van der Waals surface area contributed by atoms with Crippen LogP contribution in [-0.4, -0.2) is 31.9 Å². The van der Waals surface area contributed by atoms with Crippen LogP contribution >= 0.6 is 0 Å². The fourth-order valence-electron chi connectivity index (χ4n) is 2.36. The lowest BCUT2D eigenvalue weighted by molar-refractivity contribution is -0.116. The van der Waals surface area contributed by atoms with Crippen LogP contribution < -0.4 is 25.4 Å². The van der Waals surface area contributed by atoms with Crippen LogP contribution in [0, 0.1) is 0 Å². The number of carbonyl (C=O) groups excluding carboxylic acids is 2. The third-order valence-corrected chi connectivity index (χ3v) is 3.73. The Morgan fingerprint density at radius 2 is 1.62 bits per heavy atom. The summed E-state index contributed by atoms with van der Waals surface area (Å²) >= 11 is 0. The highest BCUT2D eigenvalue weighted by molar-refractivity contribution is 5.96. The largest absolute Gasteiger partial charge is 0.454 e. The van der Waals surface area contributed by atoms with Crippen molar-refractivity contribution in [3.8, 4) is 11.5 Å². The highest BCUT2D eigenvalue weighted by Crippen LogP contribution is 2.34. The maximum atomic E-state index is 12.3. The molecule has 1 heterocycles. The van der Waals surface area contributed by atoms with Crippen molar-refractivity contribution in [2.24, 2.45) is 0 Å². The number of carbonyl (C=O) groups is 2. The van der Waals surface area contributed by atoms with E-state index in [4.69, 9.17) is 9.47 Å². The van der Waals surface area contributed by atoms with Gasteiger partial charge in [-0.05, 0) is 43.3 Å². The fraction of sp³-hybridized carbons (Fsp3) is 0.222. The number of anilines is 3. The number of fused-ring (bicyclic) bond motifs is 1. The molecule has 1 atom stereocenters. The Morgan fingerprint density at radius 1 is 0.962 bits per heavy atom. The summed E-state index contributed by atoms with van der Waals surface area (Å²) in [6.45, 7) is 1.94. The molecule has 2 aromatic carbocycles. The van der Waals surface area contributed by atoms with Gasteiger partial charge in [0.15, 0.2) is 11.5 Å². The first-order chi connectivity index (χ1) is 12.5. The molecule has 0 saturated heterocycles. The quantitative estimate of drug-likeness (QED) is 0.761. The van der Waals surface area contributed by atoms with Gasteiger partial charge < -0.3 is 24.8 Å². The molecular formula is C18H19N3O5. The van der Waals surface area contributed by atoms with Gasteiger partial charge in [0.1, 0.15) is 6.04 Å². The molecule has 3 N–H and O–H groups in total. The van der Waals surface area contributed by atoms with Crippen molar-refractivity contribution >= 4 is 29.1 Å². The maximum Gasteiger partial charge on any atom is 0.411 e. The minimum atomic E-state index is -0.540. The molecular weight excluding hydrogens is 338 g/mol. The van der Waals surface area contributed by atoms with E-state index in [9.17, 15) is 9.59 Å². The van der Waals surface area contributed by atoms with Gasteiger partial charge in [-0.2, -0.15) is 0 Å². The van der Waals surface area contributed by atoms with E-state index >= 15 is 0 Å². The Balaban J connectivity index is 1.56. The van der Waals surface area contributed by atoms with E-state index in [1.165, 1.54) is 7.11 Å². The van der Waals surface area contributed by atoms with Crippen LogP contribution in [0.15, 0.2) is 42.5 Å². The van der Waals surface area contributed by atoms with E-state index in [0.29, 0.717) is 22.9 Å². The number of nitrogens with one attached hydrogen (secondary N) is 3. The predicted molar refractivity (Wildman–Crippen MR) is 96.7 cm³/mol. The van der Waals surface area contributed by atoms with E-state index in [2.05, 4.69) is 20.7 Å². The van der Waals surface area contributed by atoms with Crippen molar-refractivity contribution in [1.29, 1.82) is 0 Å². The molecule has 2 aromatic rings. The van der Waals surface area contributed by atoms with Crippen molar-refractivity contribution in [2.45, 2.75) is 13.0 Å². The zero-order chi connectivity index (χ0) is 18.5. The molecule has 2 amide bonds. The summed E-state index contributed by atoms with van der Waals surface area (Å²) < 4.78 is 15.1. The van der Waals surface area contributed by atoms with Crippen LogP contribution in [-0.2, 0) is 9.53 Å². The van der Waals surface area contributed by atoms with Crippen LogP contribution in [0.4, 0.5) is 21.9 Å². The van der Waals surface area contributed by atoms with Gasteiger partial charge in [0, 0.05) is 23.1 Å². The minimum absolute atomic E-state index is 0.186. The number of benzene rings is 2. The molecule has 0 bridgehead atoms. The highest BCUT2D eigenvalue weighted by Gasteiger charge is 2.17. The molecule has 1 unspecified atom stereocenters. The Morgan fingerprint density at radius 3 is 2.35 bits per heavy atom. The van der Waals surface area contributed by atoms with Crippen molar-refractivity contribution in [3.05, 3.63) is 42.5 Å². The van der Waals surface area contributed by atoms with Gasteiger partial charge in [-0.25, -0.2) is 4.79 Å². The monoisotopic (exact) mass is 357 g/mol. The molecule has 0 radical (unpaired) electrons. The Kier molecular flexibility index (Phi) is 5.12. The summed E-state index contributed by atoms with van der Waals surface area (Å²) in [4.78, 5) is 23.5. The zero-order valence-corrected chi connectivity index (χ0v) is 14.4. The summed E-state index contributed by atoms with van der Waals surface area (Å²) in [5, 5.41) is 8.48. The Bertz CT molecular complexity index is 807. The number of ether oxygens (including phenoxy) is 3. The van der Waals surface area contributed by atoms with Crippen LogP contribution in [0.5, 0.6) is 11.5 Å². The van der Waals surface area contributed by atoms with Gasteiger partial charge in [0.2, 0.25) is 12.7 Å². The predicted octanol–water partition coefficient (Wildman–Crippen LogP) is 3.03. The molecule has 8 heteroatoms. The second-order valence-corrected chi connectivity index (χ2v) is 5.62. The number of rotatable bonds is 5. The second-order valence-electron chi connectivity index (χ2n) is 5.62. The van der Waals surface area contributed by atoms with Gasteiger partial charge in [-0.3, -0.25) is 10.1 Å². The van der Waals surface area contributed by atoms with Gasteiger partial charge in [-0.1, -0.05) is 0 Å². The van der Waals surface area contributed by atoms with Crippen molar-refractivity contribution in [2.75, 3.05) is 29.9 Å². The molecule has 0 fully saturated rings. The van der Waals surface area contributed by atoms with Crippen LogP contribution in [0.25, 0.3) is 0 Å². The van der Waals surface area contributed by atoms with Gasteiger partial charge in [0.05, 0.1) is 7.11 Å².